The van der Waals surface area contributed by atoms with Crippen molar-refractivity contribution in [2.75, 3.05) is 26.8 Å². The first-order valence-electron chi connectivity index (χ1n) is 9.19. The van der Waals surface area contributed by atoms with E-state index in [-0.39, 0.29) is 23.3 Å². The van der Waals surface area contributed by atoms with Crippen LogP contribution in [0.5, 0.6) is 0 Å². The van der Waals surface area contributed by atoms with E-state index in [0.717, 1.165) is 45.4 Å². The fourth-order valence-corrected chi connectivity index (χ4v) is 5.21. The van der Waals surface area contributed by atoms with E-state index in [0.29, 0.717) is 12.0 Å². The summed E-state index contributed by atoms with van der Waals surface area (Å²) in [6.07, 6.45) is 2.97. The summed E-state index contributed by atoms with van der Waals surface area (Å²) >= 11 is 0. The molecule has 3 fully saturated rings. The first-order chi connectivity index (χ1) is 11.4. The molecule has 5 nitrogen and oxygen atoms in total. The van der Waals surface area contributed by atoms with Gasteiger partial charge in [0.1, 0.15) is 0 Å². The lowest BCUT2D eigenvalue weighted by molar-refractivity contribution is -0.117. The molecule has 3 aliphatic rings. The minimum Gasteiger partial charge on any atom is -0.391 e. The van der Waals surface area contributed by atoms with Crippen molar-refractivity contribution < 1.29 is 14.6 Å². The topological polar surface area (TPSA) is 61.8 Å². The van der Waals surface area contributed by atoms with Crippen LogP contribution in [0.25, 0.3) is 0 Å². The maximum Gasteiger partial charge on any atom is 0.296 e. The molecule has 24 heavy (non-hydrogen) atoms. The van der Waals surface area contributed by atoms with Crippen molar-refractivity contribution in [2.45, 2.75) is 57.7 Å². The summed E-state index contributed by atoms with van der Waals surface area (Å²) in [7, 11) is 2.15. The van der Waals surface area contributed by atoms with E-state index >= 15 is 0 Å². The molecule has 1 saturated carbocycles. The predicted octanol–water partition coefficient (Wildman–Crippen LogP) is 1.01. The van der Waals surface area contributed by atoms with E-state index in [4.69, 9.17) is 4.74 Å². The van der Waals surface area contributed by atoms with Gasteiger partial charge >= 0.3 is 0 Å². The SMILES string of the molecule is CC(C)C1N(C)CC12C[C@@H](O)[C@H](NC(=O)C#CC1CCOCC1)C2. The van der Waals surface area contributed by atoms with Crippen molar-refractivity contribution in [2.24, 2.45) is 17.3 Å². The third-order valence-corrected chi connectivity index (χ3v) is 5.93. The number of rotatable bonds is 2. The quantitative estimate of drug-likeness (QED) is 0.740. The number of likely N-dealkylation sites (tertiary alicyclic amines) is 1. The number of aliphatic hydroxyl groups excluding tert-OH is 1. The van der Waals surface area contributed by atoms with Gasteiger partial charge in [-0.1, -0.05) is 19.8 Å². The molecule has 0 aromatic heterocycles. The van der Waals surface area contributed by atoms with Gasteiger partial charge in [0, 0.05) is 37.1 Å². The van der Waals surface area contributed by atoms with Crippen LogP contribution in [0, 0.1) is 29.1 Å². The number of hydrogen-bond acceptors (Lipinski definition) is 4. The highest BCUT2D eigenvalue weighted by Gasteiger charge is 2.58. The van der Waals surface area contributed by atoms with Crippen molar-refractivity contribution in [3.05, 3.63) is 0 Å². The number of nitrogens with zero attached hydrogens (tertiary/aromatic N) is 1. The zero-order valence-corrected chi connectivity index (χ0v) is 15.0. The molecule has 3 rings (SSSR count). The summed E-state index contributed by atoms with van der Waals surface area (Å²) in [4.78, 5) is 14.5. The molecule has 2 unspecified atom stereocenters. The second-order valence-electron chi connectivity index (χ2n) is 8.18. The normalized spacial score (nSPS) is 37.1. The minimum absolute atomic E-state index is 0.147. The highest BCUT2D eigenvalue weighted by atomic mass is 16.5. The number of aliphatic hydroxyl groups is 1. The predicted molar refractivity (Wildman–Crippen MR) is 92.2 cm³/mol. The summed E-state index contributed by atoms with van der Waals surface area (Å²) in [6.45, 7) is 6.94. The number of nitrogens with one attached hydrogen (secondary N) is 1. The van der Waals surface area contributed by atoms with Crippen LogP contribution in [-0.2, 0) is 9.53 Å². The van der Waals surface area contributed by atoms with Crippen LogP contribution in [-0.4, -0.2) is 60.9 Å². The van der Waals surface area contributed by atoms with E-state index < -0.39 is 6.10 Å². The number of amides is 1. The lowest BCUT2D eigenvalue weighted by atomic mass is 9.66. The van der Waals surface area contributed by atoms with Gasteiger partial charge in [-0.15, -0.1) is 0 Å². The summed E-state index contributed by atoms with van der Waals surface area (Å²) in [5.74, 6) is 6.35. The van der Waals surface area contributed by atoms with Crippen molar-refractivity contribution >= 4 is 5.91 Å². The molecular formula is C19H30N2O3. The molecule has 1 spiro atoms. The Balaban J connectivity index is 1.56. The molecular weight excluding hydrogens is 304 g/mol. The van der Waals surface area contributed by atoms with Gasteiger partial charge in [0.2, 0.25) is 0 Å². The van der Waals surface area contributed by atoms with Gasteiger partial charge in [-0.25, -0.2) is 0 Å². The van der Waals surface area contributed by atoms with E-state index in [1.165, 1.54) is 0 Å². The Labute approximate surface area is 145 Å². The zero-order valence-electron chi connectivity index (χ0n) is 15.0. The monoisotopic (exact) mass is 334 g/mol. The number of ether oxygens (including phenoxy) is 1. The molecule has 4 atom stereocenters. The van der Waals surface area contributed by atoms with Crippen molar-refractivity contribution in [3.8, 4) is 11.8 Å². The summed E-state index contributed by atoms with van der Waals surface area (Å²) in [5.41, 5.74) is 0.147. The number of carbonyl (C=O) groups is 1. The lowest BCUT2D eigenvalue weighted by Gasteiger charge is -2.57. The van der Waals surface area contributed by atoms with Crippen molar-refractivity contribution in [1.29, 1.82) is 0 Å². The summed E-state index contributed by atoms with van der Waals surface area (Å²) < 4.78 is 5.30. The van der Waals surface area contributed by atoms with E-state index in [2.05, 4.69) is 43.0 Å². The summed E-state index contributed by atoms with van der Waals surface area (Å²) in [5, 5.41) is 13.4. The number of carbonyl (C=O) groups excluding carboxylic acids is 1. The Morgan fingerprint density at radius 2 is 2.04 bits per heavy atom. The van der Waals surface area contributed by atoms with Crippen LogP contribution >= 0.6 is 0 Å². The molecule has 0 aromatic rings. The lowest BCUT2D eigenvalue weighted by Crippen LogP contribution is -2.64. The van der Waals surface area contributed by atoms with Crippen LogP contribution in [0.15, 0.2) is 0 Å². The van der Waals surface area contributed by atoms with E-state index in [1.807, 2.05) is 0 Å². The van der Waals surface area contributed by atoms with Crippen molar-refractivity contribution in [3.63, 3.8) is 0 Å². The van der Waals surface area contributed by atoms with Gasteiger partial charge in [0.25, 0.3) is 5.91 Å². The standard InChI is InChI=1S/C19H30N2O3/c1-13(2)18-19(12-21(18)3)10-15(16(22)11-19)20-17(23)5-4-14-6-8-24-9-7-14/h13-16,18,22H,6-12H2,1-3H3,(H,20,23)/t15-,16-,18?,19?/m1/s1. The Morgan fingerprint density at radius 3 is 2.67 bits per heavy atom. The highest BCUT2D eigenvalue weighted by Crippen LogP contribution is 2.52. The molecule has 0 radical (unpaired) electrons. The summed E-state index contributed by atoms with van der Waals surface area (Å²) in [6, 6.07) is 0.318. The van der Waals surface area contributed by atoms with Crippen LogP contribution < -0.4 is 5.32 Å². The molecule has 2 heterocycles. The van der Waals surface area contributed by atoms with Gasteiger partial charge in [-0.2, -0.15) is 0 Å². The Bertz CT molecular complexity index is 528. The van der Waals surface area contributed by atoms with Crippen LogP contribution in [0.4, 0.5) is 0 Å². The minimum atomic E-state index is -0.464. The highest BCUT2D eigenvalue weighted by molar-refractivity contribution is 5.93. The molecule has 2 N–H and O–H groups in total. The molecule has 0 aromatic carbocycles. The molecule has 2 saturated heterocycles. The molecule has 2 aliphatic heterocycles. The Morgan fingerprint density at radius 1 is 1.33 bits per heavy atom. The molecule has 1 amide bonds. The van der Waals surface area contributed by atoms with Crippen LogP contribution in [0.1, 0.15) is 39.5 Å². The van der Waals surface area contributed by atoms with Gasteiger partial charge in [-0.3, -0.25) is 4.79 Å². The average Bonchev–Trinajstić information content (AvgIpc) is 2.83. The van der Waals surface area contributed by atoms with Crippen LogP contribution in [0.2, 0.25) is 0 Å². The Hall–Kier alpha value is -1.09. The van der Waals surface area contributed by atoms with Crippen molar-refractivity contribution in [1.82, 2.24) is 10.2 Å². The number of hydrogen-bond donors (Lipinski definition) is 2. The van der Waals surface area contributed by atoms with Gasteiger partial charge in [0.15, 0.2) is 0 Å². The van der Waals surface area contributed by atoms with Gasteiger partial charge < -0.3 is 20.1 Å². The van der Waals surface area contributed by atoms with Gasteiger partial charge in [0.05, 0.1) is 12.1 Å². The second kappa shape index (κ2) is 7.03. The van der Waals surface area contributed by atoms with E-state index in [1.54, 1.807) is 0 Å². The first-order valence-corrected chi connectivity index (χ1v) is 9.19. The average molecular weight is 334 g/mol. The molecule has 134 valence electrons. The fourth-order valence-electron chi connectivity index (χ4n) is 5.21. The first kappa shape index (κ1) is 17.7. The fraction of sp³-hybridized carbons (Fsp3) is 0.842. The van der Waals surface area contributed by atoms with E-state index in [9.17, 15) is 9.90 Å². The maximum absolute atomic E-state index is 12.1. The maximum atomic E-state index is 12.1. The zero-order chi connectivity index (χ0) is 17.3. The molecule has 5 heteroatoms. The second-order valence-corrected chi connectivity index (χ2v) is 8.18. The third-order valence-electron chi connectivity index (χ3n) is 5.93. The Kier molecular flexibility index (Phi) is 5.19. The molecule has 0 bridgehead atoms. The van der Waals surface area contributed by atoms with Gasteiger partial charge in [-0.05, 0) is 44.6 Å². The third kappa shape index (κ3) is 3.46. The smallest absolute Gasteiger partial charge is 0.296 e. The largest absolute Gasteiger partial charge is 0.391 e. The molecule has 1 aliphatic carbocycles. The van der Waals surface area contributed by atoms with Crippen LogP contribution in [0.3, 0.4) is 0 Å².